The first-order chi connectivity index (χ1) is 12.0. The third-order valence-electron chi connectivity index (χ3n) is 3.29. The first kappa shape index (κ1) is 17.6. The number of primary amides is 1. The lowest BCUT2D eigenvalue weighted by molar-refractivity contribution is -0.117. The first-order valence-corrected chi connectivity index (χ1v) is 9.36. The monoisotopic (exact) mass is 377 g/mol. The van der Waals surface area contributed by atoms with Crippen molar-refractivity contribution in [2.24, 2.45) is 5.73 Å². The molecule has 0 bridgehead atoms. The average Bonchev–Trinajstić information content (AvgIpc) is 3.13. The number of nitrogens with zero attached hydrogens (tertiary/aromatic N) is 4. The van der Waals surface area contributed by atoms with Gasteiger partial charge in [-0.15, -0.1) is 11.3 Å². The van der Waals surface area contributed by atoms with Crippen molar-refractivity contribution in [3.63, 3.8) is 0 Å². The van der Waals surface area contributed by atoms with Crippen LogP contribution in [0.5, 0.6) is 0 Å². The summed E-state index contributed by atoms with van der Waals surface area (Å²) in [5, 5.41) is 6.36. The van der Waals surface area contributed by atoms with Crippen molar-refractivity contribution in [3.05, 3.63) is 58.4 Å². The van der Waals surface area contributed by atoms with Gasteiger partial charge in [0.2, 0.25) is 5.91 Å². The van der Waals surface area contributed by atoms with Gasteiger partial charge < -0.3 is 5.73 Å². The highest BCUT2D eigenvalue weighted by Crippen LogP contribution is 2.25. The Labute approximate surface area is 152 Å². The number of hydrogen-bond donors (Lipinski definition) is 1. The lowest BCUT2D eigenvalue weighted by Crippen LogP contribution is -2.15. The molecule has 0 unspecified atom stereocenters. The van der Waals surface area contributed by atoms with Crippen LogP contribution >= 0.6 is 23.1 Å². The van der Waals surface area contributed by atoms with E-state index in [0.29, 0.717) is 18.1 Å². The number of aryl methyl sites for hydroxylation is 1. The molecule has 2 aromatic heterocycles. The summed E-state index contributed by atoms with van der Waals surface area (Å²) in [5.41, 5.74) is 7.12. The van der Waals surface area contributed by atoms with E-state index in [4.69, 9.17) is 5.73 Å². The number of thioether (sulfide) groups is 1. The Morgan fingerprint density at radius 2 is 2.08 bits per heavy atom. The molecule has 9 heteroatoms. The molecule has 2 heterocycles. The molecule has 25 heavy (non-hydrogen) atoms. The molecule has 3 rings (SSSR count). The third kappa shape index (κ3) is 4.86. The van der Waals surface area contributed by atoms with Crippen LogP contribution in [0.1, 0.15) is 22.9 Å². The Balaban J connectivity index is 1.79. The minimum Gasteiger partial charge on any atom is -0.369 e. The van der Waals surface area contributed by atoms with Crippen LogP contribution < -0.4 is 5.73 Å². The number of benzene rings is 1. The predicted octanol–water partition coefficient (Wildman–Crippen LogP) is 2.55. The van der Waals surface area contributed by atoms with E-state index in [1.807, 2.05) is 12.3 Å². The number of nitrogens with two attached hydrogens (primary N) is 1. The van der Waals surface area contributed by atoms with Crippen molar-refractivity contribution in [3.8, 4) is 0 Å². The van der Waals surface area contributed by atoms with Crippen molar-refractivity contribution in [2.75, 3.05) is 0 Å². The Morgan fingerprint density at radius 3 is 2.72 bits per heavy atom. The lowest BCUT2D eigenvalue weighted by Gasteiger charge is -2.05. The summed E-state index contributed by atoms with van der Waals surface area (Å²) in [6.07, 6.45) is -0.00948. The molecule has 6 nitrogen and oxygen atoms in total. The number of carbonyl (C=O) groups excluding carboxylic acids is 1. The molecule has 0 aliphatic rings. The molecule has 0 aliphatic heterocycles. The van der Waals surface area contributed by atoms with Gasteiger partial charge in [-0.2, -0.15) is 5.10 Å². The number of hydrogen-bond acceptors (Lipinski definition) is 6. The molecule has 1 amide bonds. The number of amides is 1. The smallest absolute Gasteiger partial charge is 0.225 e. The zero-order valence-electron chi connectivity index (χ0n) is 13.5. The molecule has 0 spiro atoms. The molecule has 2 N–H and O–H groups in total. The number of halogens is 1. The molecular formula is C16H16FN5OS2. The van der Waals surface area contributed by atoms with Crippen molar-refractivity contribution >= 4 is 29.0 Å². The number of aromatic nitrogens is 4. The van der Waals surface area contributed by atoms with E-state index in [0.717, 1.165) is 21.4 Å². The lowest BCUT2D eigenvalue weighted by atomic mass is 10.2. The summed E-state index contributed by atoms with van der Waals surface area (Å²) < 4.78 is 15.7. The van der Waals surface area contributed by atoms with Gasteiger partial charge in [0.15, 0.2) is 10.2 Å². The van der Waals surface area contributed by atoms with Gasteiger partial charge in [0.05, 0.1) is 18.7 Å². The Bertz CT molecular complexity index is 875. The zero-order chi connectivity index (χ0) is 17.8. The minimum absolute atomic E-state index is 0.00948. The zero-order valence-corrected chi connectivity index (χ0v) is 15.1. The summed E-state index contributed by atoms with van der Waals surface area (Å²) in [4.78, 5) is 20.0. The van der Waals surface area contributed by atoms with Gasteiger partial charge in [-0.1, -0.05) is 23.9 Å². The van der Waals surface area contributed by atoms with Gasteiger partial charge >= 0.3 is 0 Å². The number of thiazole rings is 1. The SMILES string of the molecule is Cc1csc(SCc2nc(CC(N)=O)nn2Cc2ccc(F)cc2)n1. The van der Waals surface area contributed by atoms with E-state index in [-0.39, 0.29) is 12.2 Å². The fraction of sp³-hybridized carbons (Fsp3) is 0.250. The summed E-state index contributed by atoms with van der Waals surface area (Å²) in [6.45, 7) is 2.39. The largest absolute Gasteiger partial charge is 0.369 e. The Kier molecular flexibility index (Phi) is 5.44. The quantitative estimate of drug-likeness (QED) is 0.640. The number of rotatable bonds is 7. The van der Waals surface area contributed by atoms with Crippen LogP contribution in [0.25, 0.3) is 0 Å². The van der Waals surface area contributed by atoms with E-state index in [2.05, 4.69) is 15.1 Å². The second-order valence-corrected chi connectivity index (χ2v) is 7.50. The van der Waals surface area contributed by atoms with Crippen molar-refractivity contribution in [2.45, 2.75) is 30.0 Å². The van der Waals surface area contributed by atoms with E-state index < -0.39 is 5.91 Å². The standard InChI is InChI=1S/C16H16FN5OS2/c1-10-8-24-16(19-10)25-9-15-20-14(6-13(18)23)21-22(15)7-11-2-4-12(17)5-3-11/h2-5,8H,6-7,9H2,1H3,(H2,18,23). The summed E-state index contributed by atoms with van der Waals surface area (Å²) in [5.74, 6) is 0.916. The summed E-state index contributed by atoms with van der Waals surface area (Å²) in [7, 11) is 0. The Morgan fingerprint density at radius 1 is 1.32 bits per heavy atom. The van der Waals surface area contributed by atoms with E-state index in [1.165, 1.54) is 12.1 Å². The van der Waals surface area contributed by atoms with Gasteiger partial charge in [0, 0.05) is 11.1 Å². The van der Waals surface area contributed by atoms with Gasteiger partial charge in [0.25, 0.3) is 0 Å². The fourth-order valence-electron chi connectivity index (χ4n) is 2.18. The van der Waals surface area contributed by atoms with E-state index >= 15 is 0 Å². The maximum absolute atomic E-state index is 13.1. The van der Waals surface area contributed by atoms with Crippen molar-refractivity contribution < 1.29 is 9.18 Å². The molecule has 1 aromatic carbocycles. The van der Waals surface area contributed by atoms with Gasteiger partial charge in [-0.05, 0) is 24.6 Å². The first-order valence-electron chi connectivity index (χ1n) is 7.50. The second kappa shape index (κ2) is 7.75. The van der Waals surface area contributed by atoms with E-state index in [9.17, 15) is 9.18 Å². The molecule has 0 saturated carbocycles. The van der Waals surface area contributed by atoms with Crippen LogP contribution in [-0.4, -0.2) is 25.7 Å². The molecular weight excluding hydrogens is 361 g/mol. The topological polar surface area (TPSA) is 86.7 Å². The molecule has 0 saturated heterocycles. The molecule has 0 atom stereocenters. The highest BCUT2D eigenvalue weighted by molar-refractivity contribution is 8.00. The minimum atomic E-state index is -0.478. The third-order valence-corrected chi connectivity index (χ3v) is 5.43. The highest BCUT2D eigenvalue weighted by Gasteiger charge is 2.13. The van der Waals surface area contributed by atoms with Crippen molar-refractivity contribution in [1.29, 1.82) is 0 Å². The maximum Gasteiger partial charge on any atom is 0.225 e. The maximum atomic E-state index is 13.1. The van der Waals surface area contributed by atoms with Gasteiger partial charge in [-0.25, -0.2) is 19.0 Å². The van der Waals surface area contributed by atoms with Gasteiger partial charge in [0.1, 0.15) is 11.6 Å². The molecule has 3 aromatic rings. The Hall–Kier alpha value is -2.26. The van der Waals surface area contributed by atoms with Crippen LogP contribution in [0.3, 0.4) is 0 Å². The highest BCUT2D eigenvalue weighted by atomic mass is 32.2. The molecule has 0 fully saturated rings. The second-order valence-electron chi connectivity index (χ2n) is 5.41. The van der Waals surface area contributed by atoms with Crippen LogP contribution in [0, 0.1) is 12.7 Å². The van der Waals surface area contributed by atoms with Crippen LogP contribution in [0.15, 0.2) is 34.0 Å². The molecule has 0 radical (unpaired) electrons. The summed E-state index contributed by atoms with van der Waals surface area (Å²) in [6, 6.07) is 6.21. The van der Waals surface area contributed by atoms with E-state index in [1.54, 1.807) is 39.9 Å². The average molecular weight is 377 g/mol. The van der Waals surface area contributed by atoms with Crippen LogP contribution in [0.4, 0.5) is 4.39 Å². The van der Waals surface area contributed by atoms with Crippen LogP contribution in [0.2, 0.25) is 0 Å². The van der Waals surface area contributed by atoms with Gasteiger partial charge in [-0.3, -0.25) is 4.79 Å². The predicted molar refractivity (Wildman–Crippen MR) is 94.8 cm³/mol. The molecule has 0 aliphatic carbocycles. The molecule has 130 valence electrons. The normalized spacial score (nSPS) is 11.0. The summed E-state index contributed by atoms with van der Waals surface area (Å²) >= 11 is 3.14. The van der Waals surface area contributed by atoms with Crippen molar-refractivity contribution in [1.82, 2.24) is 19.7 Å². The fourth-order valence-corrected chi connectivity index (χ4v) is 3.97. The number of carbonyl (C=O) groups is 1. The van der Waals surface area contributed by atoms with Crippen LogP contribution in [-0.2, 0) is 23.5 Å².